The predicted octanol–water partition coefficient (Wildman–Crippen LogP) is 5.28. The first-order valence-corrected chi connectivity index (χ1v) is 13.6. The van der Waals surface area contributed by atoms with Crippen molar-refractivity contribution in [2.75, 3.05) is 47.5 Å². The van der Waals surface area contributed by atoms with Crippen molar-refractivity contribution in [3.8, 4) is 17.2 Å². The average Bonchev–Trinajstić information content (AvgIpc) is 3.16. The van der Waals surface area contributed by atoms with E-state index in [9.17, 15) is 14.7 Å². The van der Waals surface area contributed by atoms with Crippen LogP contribution in [0.5, 0.6) is 17.2 Å². The van der Waals surface area contributed by atoms with E-state index >= 15 is 0 Å². The number of carbonyl (C=O) groups excluding carboxylic acids is 2. The fourth-order valence-electron chi connectivity index (χ4n) is 4.37. The lowest BCUT2D eigenvalue weighted by molar-refractivity contribution is -0.140. The Labute approximate surface area is 232 Å². The Hall–Kier alpha value is -3.52. The van der Waals surface area contributed by atoms with E-state index in [1.165, 1.54) is 4.90 Å². The van der Waals surface area contributed by atoms with Gasteiger partial charge in [0.1, 0.15) is 11.5 Å². The molecular weight excluding hydrogens is 496 g/mol. The lowest BCUT2D eigenvalue weighted by Gasteiger charge is -2.27. The van der Waals surface area contributed by atoms with Gasteiger partial charge in [-0.25, -0.2) is 0 Å². The average molecular weight is 539 g/mol. The fourth-order valence-corrected chi connectivity index (χ4v) is 4.37. The van der Waals surface area contributed by atoms with Crippen LogP contribution >= 0.6 is 0 Å². The second-order valence-electron chi connectivity index (χ2n) is 10.5. The number of carbonyl (C=O) groups is 2. The first kappa shape index (κ1) is 30.0. The van der Waals surface area contributed by atoms with Gasteiger partial charge in [-0.15, -0.1) is 0 Å². The van der Waals surface area contributed by atoms with Gasteiger partial charge in [0.15, 0.2) is 11.5 Å². The van der Waals surface area contributed by atoms with Crippen molar-refractivity contribution in [1.82, 2.24) is 9.80 Å². The van der Waals surface area contributed by atoms with E-state index in [2.05, 4.69) is 20.8 Å². The summed E-state index contributed by atoms with van der Waals surface area (Å²) in [7, 11) is 5.37. The quantitative estimate of drug-likeness (QED) is 0.151. The summed E-state index contributed by atoms with van der Waals surface area (Å²) >= 11 is 0. The Morgan fingerprint density at radius 1 is 1.05 bits per heavy atom. The molecule has 8 heteroatoms. The molecule has 212 valence electrons. The molecule has 8 nitrogen and oxygen atoms in total. The van der Waals surface area contributed by atoms with Gasteiger partial charge >= 0.3 is 0 Å². The van der Waals surface area contributed by atoms with E-state index in [4.69, 9.17) is 14.2 Å². The minimum Gasteiger partial charge on any atom is -0.507 e. The van der Waals surface area contributed by atoms with Crippen LogP contribution < -0.4 is 14.2 Å². The molecule has 0 bridgehead atoms. The molecule has 1 N–H and O–H groups in total. The molecule has 1 fully saturated rings. The van der Waals surface area contributed by atoms with Crippen LogP contribution in [0.2, 0.25) is 0 Å². The van der Waals surface area contributed by atoms with Gasteiger partial charge in [-0.1, -0.05) is 45.4 Å². The molecule has 0 aromatic heterocycles. The molecule has 1 unspecified atom stereocenters. The van der Waals surface area contributed by atoms with E-state index in [0.717, 1.165) is 19.3 Å². The first-order chi connectivity index (χ1) is 18.7. The molecule has 1 saturated heterocycles. The monoisotopic (exact) mass is 538 g/mol. The highest BCUT2D eigenvalue weighted by atomic mass is 16.5. The maximum atomic E-state index is 13.4. The second-order valence-corrected chi connectivity index (χ2v) is 10.5. The summed E-state index contributed by atoms with van der Waals surface area (Å²) < 4.78 is 17.4. The second kappa shape index (κ2) is 14.0. The number of aliphatic hydroxyl groups is 1. The third-order valence-electron chi connectivity index (χ3n) is 6.66. The minimum atomic E-state index is -0.784. The third-order valence-corrected chi connectivity index (χ3v) is 6.66. The van der Waals surface area contributed by atoms with Crippen LogP contribution in [0.4, 0.5) is 0 Å². The summed E-state index contributed by atoms with van der Waals surface area (Å²) in [6.45, 7) is 8.32. The molecule has 1 aliphatic rings. The number of amides is 1. The number of hydrogen-bond donors (Lipinski definition) is 1. The Kier molecular flexibility index (Phi) is 10.8. The maximum absolute atomic E-state index is 13.4. The zero-order chi connectivity index (χ0) is 28.5. The molecule has 0 spiro atoms. The number of nitrogens with zero attached hydrogens (tertiary/aromatic N) is 2. The molecular formula is C31H42N2O6. The van der Waals surface area contributed by atoms with Gasteiger partial charge in [0, 0.05) is 18.7 Å². The Morgan fingerprint density at radius 2 is 1.82 bits per heavy atom. The van der Waals surface area contributed by atoms with Crippen molar-refractivity contribution in [3.63, 3.8) is 0 Å². The minimum absolute atomic E-state index is 0.0417. The normalized spacial score (nSPS) is 16.8. The van der Waals surface area contributed by atoms with Crippen molar-refractivity contribution < 1.29 is 28.9 Å². The lowest BCUT2D eigenvalue weighted by Crippen LogP contribution is -2.35. The number of likely N-dealkylation sites (tertiary alicyclic amines) is 1. The molecule has 1 atom stereocenters. The van der Waals surface area contributed by atoms with Gasteiger partial charge < -0.3 is 29.1 Å². The summed E-state index contributed by atoms with van der Waals surface area (Å²) in [6.07, 6.45) is 2.81. The SMILES string of the molecule is CCCCOc1cccc(C(O)=C2C(=O)C(=O)N(CCN(C)C)C2c2ccc(OCCC(C)C)c(OC)c2)c1. The Balaban J connectivity index is 2.06. The molecule has 39 heavy (non-hydrogen) atoms. The molecule has 2 aromatic carbocycles. The topological polar surface area (TPSA) is 88.5 Å². The highest BCUT2D eigenvalue weighted by molar-refractivity contribution is 6.46. The number of benzene rings is 2. The Bertz CT molecular complexity index is 1170. The van der Waals surface area contributed by atoms with Gasteiger partial charge in [-0.3, -0.25) is 9.59 Å². The summed E-state index contributed by atoms with van der Waals surface area (Å²) in [6, 6.07) is 11.6. The Morgan fingerprint density at radius 3 is 2.49 bits per heavy atom. The number of hydrogen-bond acceptors (Lipinski definition) is 7. The zero-order valence-corrected chi connectivity index (χ0v) is 24.0. The zero-order valence-electron chi connectivity index (χ0n) is 24.0. The molecule has 0 aliphatic carbocycles. The number of rotatable bonds is 14. The number of methoxy groups -OCH3 is 1. The van der Waals surface area contributed by atoms with E-state index in [-0.39, 0.29) is 11.3 Å². The maximum Gasteiger partial charge on any atom is 0.295 e. The summed E-state index contributed by atoms with van der Waals surface area (Å²) in [5.74, 6) is 0.588. The van der Waals surface area contributed by atoms with E-state index in [1.54, 1.807) is 37.4 Å². The number of unbranched alkanes of at least 4 members (excludes halogenated alkanes) is 1. The lowest BCUT2D eigenvalue weighted by atomic mass is 9.95. The summed E-state index contributed by atoms with van der Waals surface area (Å²) in [4.78, 5) is 30.1. The van der Waals surface area contributed by atoms with Crippen LogP contribution in [-0.2, 0) is 9.59 Å². The van der Waals surface area contributed by atoms with Crippen molar-refractivity contribution in [3.05, 3.63) is 59.2 Å². The largest absolute Gasteiger partial charge is 0.507 e. The smallest absolute Gasteiger partial charge is 0.295 e. The van der Waals surface area contributed by atoms with Crippen LogP contribution in [0.1, 0.15) is 57.2 Å². The number of ketones is 1. The number of Topliss-reactive ketones (excluding diaryl/α,β-unsaturated/α-hetero) is 1. The van der Waals surface area contributed by atoms with Crippen molar-refractivity contribution in [1.29, 1.82) is 0 Å². The van der Waals surface area contributed by atoms with Crippen LogP contribution in [0.25, 0.3) is 5.76 Å². The predicted molar refractivity (Wildman–Crippen MR) is 152 cm³/mol. The highest BCUT2D eigenvalue weighted by Crippen LogP contribution is 2.42. The fraction of sp³-hybridized carbons (Fsp3) is 0.484. The van der Waals surface area contributed by atoms with Crippen LogP contribution in [-0.4, -0.2) is 74.1 Å². The van der Waals surface area contributed by atoms with E-state index in [0.29, 0.717) is 60.6 Å². The number of likely N-dealkylation sites (N-methyl/N-ethyl adjacent to an activating group) is 1. The van der Waals surface area contributed by atoms with Crippen molar-refractivity contribution in [2.24, 2.45) is 5.92 Å². The van der Waals surface area contributed by atoms with E-state index in [1.807, 2.05) is 31.1 Å². The van der Waals surface area contributed by atoms with Gasteiger partial charge in [-0.05, 0) is 62.7 Å². The van der Waals surface area contributed by atoms with Crippen molar-refractivity contribution >= 4 is 17.4 Å². The molecule has 0 saturated carbocycles. The molecule has 3 rings (SSSR count). The number of aliphatic hydroxyl groups excluding tert-OH is 1. The number of ether oxygens (including phenoxy) is 3. The van der Waals surface area contributed by atoms with Crippen LogP contribution in [0, 0.1) is 5.92 Å². The molecule has 1 aliphatic heterocycles. The van der Waals surface area contributed by atoms with Crippen molar-refractivity contribution in [2.45, 2.75) is 46.1 Å². The van der Waals surface area contributed by atoms with Gasteiger partial charge in [0.05, 0.1) is 31.9 Å². The van der Waals surface area contributed by atoms with Gasteiger partial charge in [0.2, 0.25) is 0 Å². The molecule has 0 radical (unpaired) electrons. The molecule has 1 amide bonds. The van der Waals surface area contributed by atoms with Crippen LogP contribution in [0.15, 0.2) is 48.0 Å². The first-order valence-electron chi connectivity index (χ1n) is 13.6. The highest BCUT2D eigenvalue weighted by Gasteiger charge is 2.46. The van der Waals surface area contributed by atoms with E-state index < -0.39 is 17.7 Å². The summed E-state index contributed by atoms with van der Waals surface area (Å²) in [5.41, 5.74) is 1.11. The molecule has 1 heterocycles. The summed E-state index contributed by atoms with van der Waals surface area (Å²) in [5, 5.41) is 11.4. The standard InChI is InChI=1S/C31H42N2O6/c1-7-8-17-38-24-11-9-10-23(19-24)29(34)27-28(33(16-15-32(4)5)31(36)30(27)35)22-12-13-25(26(20-22)37-6)39-18-14-21(2)3/h9-13,19-21,28,34H,7-8,14-18H2,1-6H3. The van der Waals surface area contributed by atoms with Crippen LogP contribution in [0.3, 0.4) is 0 Å². The third kappa shape index (κ3) is 7.53. The van der Waals surface area contributed by atoms with Gasteiger partial charge in [0.25, 0.3) is 11.7 Å². The van der Waals surface area contributed by atoms with Gasteiger partial charge in [-0.2, -0.15) is 0 Å². The molecule has 2 aromatic rings.